The number of hydrogen-bond donors (Lipinski definition) is 4. The number of phenols is 1. The second-order valence-corrected chi connectivity index (χ2v) is 19.2. The van der Waals surface area contributed by atoms with E-state index in [-0.39, 0.29) is 35.4 Å². The van der Waals surface area contributed by atoms with Crippen molar-refractivity contribution in [1.29, 1.82) is 0 Å². The molecule has 0 unspecified atom stereocenters. The van der Waals surface area contributed by atoms with Crippen LogP contribution in [0.1, 0.15) is 85.4 Å². The summed E-state index contributed by atoms with van der Waals surface area (Å²) in [5, 5.41) is 21.5. The van der Waals surface area contributed by atoms with Crippen molar-refractivity contribution in [3.63, 3.8) is 0 Å². The third-order valence-electron chi connectivity index (χ3n) is 14.9. The van der Waals surface area contributed by atoms with Crippen molar-refractivity contribution in [2.75, 3.05) is 44.2 Å². The van der Waals surface area contributed by atoms with Gasteiger partial charge in [-0.15, -0.1) is 0 Å². The zero-order valence-corrected chi connectivity index (χ0v) is 38.9. The molecule has 6 aromatic rings. The van der Waals surface area contributed by atoms with Crippen LogP contribution in [0.3, 0.4) is 0 Å². The van der Waals surface area contributed by atoms with Gasteiger partial charge in [0.05, 0.1) is 22.3 Å². The number of piperidine rings is 1. The fraction of sp³-hybridized carbons (Fsp3) is 0.429. The molecule has 2 bridgehead atoms. The number of piperazine rings is 1. The minimum atomic E-state index is -5.08. The van der Waals surface area contributed by atoms with Crippen molar-refractivity contribution in [1.82, 2.24) is 44.0 Å². The summed E-state index contributed by atoms with van der Waals surface area (Å²) in [5.74, 6) is -9.91. The Hall–Kier alpha value is -7.30. The largest absolute Gasteiger partial charge is 0.503 e. The quantitative estimate of drug-likeness (QED) is 0.0674. The maximum atomic E-state index is 14.3. The van der Waals surface area contributed by atoms with Crippen LogP contribution in [0.15, 0.2) is 66.0 Å². The molecule has 2 aromatic carbocycles. The fourth-order valence-corrected chi connectivity index (χ4v) is 10.5. The molecule has 6 heterocycles. The van der Waals surface area contributed by atoms with E-state index < -0.39 is 58.8 Å². The Morgan fingerprint density at radius 2 is 1.57 bits per heavy atom. The molecule has 5 aliphatic rings. The third kappa shape index (κ3) is 9.72. The number of imide groups is 1. The zero-order valence-electron chi connectivity index (χ0n) is 38.9. The van der Waals surface area contributed by atoms with Crippen LogP contribution in [0.4, 0.5) is 32.3 Å². The SMILES string of the molecule is Cn1c(=O)n([C@@H]2CCC(=O)NC2=O)c2ccc(CCCN3CCN(c4ncc(-c5ccn6cc(C78CCC(CNC(=O)c9cc(F)c(O)c(F)c9F)(CC7)CC8)nc6c5)cn4)CC3)cc21.O=C(O)C(F)(F)F. The molecule has 1 atom stereocenters. The van der Waals surface area contributed by atoms with Gasteiger partial charge in [0.1, 0.15) is 11.7 Å². The van der Waals surface area contributed by atoms with Gasteiger partial charge in [-0.1, -0.05) is 6.07 Å². The highest BCUT2D eigenvalue weighted by atomic mass is 19.4. The summed E-state index contributed by atoms with van der Waals surface area (Å²) in [4.78, 5) is 78.3. The monoisotopic (exact) mass is 1000 g/mol. The number of fused-ring (bicyclic) bond motifs is 5. The number of aromatic hydroxyl groups is 1. The predicted molar refractivity (Wildman–Crippen MR) is 248 cm³/mol. The number of aryl methyl sites for hydroxylation is 2. The highest BCUT2D eigenvalue weighted by Crippen LogP contribution is 2.57. The van der Waals surface area contributed by atoms with Crippen LogP contribution in [-0.2, 0) is 33.3 Å². The van der Waals surface area contributed by atoms with Gasteiger partial charge >= 0.3 is 17.8 Å². The van der Waals surface area contributed by atoms with Crippen LogP contribution >= 0.6 is 0 Å². The van der Waals surface area contributed by atoms with Crippen LogP contribution < -0.4 is 21.2 Å². The molecular weight excluding hydrogens is 955 g/mol. The first-order valence-electron chi connectivity index (χ1n) is 23.5. The lowest BCUT2D eigenvalue weighted by Crippen LogP contribution is -2.49. The van der Waals surface area contributed by atoms with Gasteiger partial charge in [0, 0.05) is 82.0 Å². The number of carboxylic acids is 1. The number of alkyl halides is 3. The number of amides is 3. The summed E-state index contributed by atoms with van der Waals surface area (Å²) in [6, 6.07) is 9.86. The Labute approximate surface area is 406 Å². The first-order valence-corrected chi connectivity index (χ1v) is 23.5. The Balaban J connectivity index is 0.000000853. The van der Waals surface area contributed by atoms with E-state index >= 15 is 0 Å². The molecular formula is C49H50F6N10O7. The molecule has 4 N–H and O–H groups in total. The van der Waals surface area contributed by atoms with Gasteiger partial charge in [-0.2, -0.15) is 17.6 Å². The first kappa shape index (κ1) is 49.7. The molecule has 3 saturated carbocycles. The normalized spacial score (nSPS) is 21.4. The van der Waals surface area contributed by atoms with Crippen molar-refractivity contribution in [3.8, 4) is 16.9 Å². The predicted octanol–water partition coefficient (Wildman–Crippen LogP) is 5.96. The van der Waals surface area contributed by atoms with Gasteiger partial charge in [0.2, 0.25) is 23.6 Å². The maximum absolute atomic E-state index is 14.3. The molecule has 0 spiro atoms. The molecule has 72 heavy (non-hydrogen) atoms. The Morgan fingerprint density at radius 1 is 0.889 bits per heavy atom. The summed E-state index contributed by atoms with van der Waals surface area (Å²) in [6.07, 6.45) is 10.1. The van der Waals surface area contributed by atoms with Gasteiger partial charge in [-0.05, 0) is 111 Å². The summed E-state index contributed by atoms with van der Waals surface area (Å²) >= 11 is 0. The second kappa shape index (κ2) is 19.4. The summed E-state index contributed by atoms with van der Waals surface area (Å²) in [6.45, 7) is 4.59. The number of aliphatic carboxylic acids is 1. The van der Waals surface area contributed by atoms with Crippen LogP contribution in [0, 0.1) is 22.9 Å². The number of aromatic nitrogens is 6. The van der Waals surface area contributed by atoms with E-state index in [1.807, 2.05) is 53.3 Å². The number of hydrogen-bond acceptors (Lipinski definition) is 11. The second-order valence-electron chi connectivity index (χ2n) is 19.2. The molecule has 4 aromatic heterocycles. The zero-order chi connectivity index (χ0) is 51.3. The molecule has 2 saturated heterocycles. The molecule has 3 aliphatic carbocycles. The minimum Gasteiger partial charge on any atom is -0.503 e. The number of carbonyl (C=O) groups is 4. The van der Waals surface area contributed by atoms with Crippen LogP contribution in [0.25, 0.3) is 27.8 Å². The van der Waals surface area contributed by atoms with Crippen molar-refractivity contribution in [3.05, 3.63) is 106 Å². The number of benzene rings is 2. The first-order chi connectivity index (χ1) is 34.2. The molecule has 2 aliphatic heterocycles. The number of rotatable bonds is 11. The van der Waals surface area contributed by atoms with E-state index in [1.165, 1.54) is 4.57 Å². The van der Waals surface area contributed by atoms with Crippen molar-refractivity contribution in [2.24, 2.45) is 12.5 Å². The lowest BCUT2D eigenvalue weighted by molar-refractivity contribution is -0.192. The van der Waals surface area contributed by atoms with E-state index in [1.54, 1.807) is 11.6 Å². The van der Waals surface area contributed by atoms with E-state index in [2.05, 4.69) is 26.6 Å². The number of anilines is 1. The highest BCUT2D eigenvalue weighted by molar-refractivity contribution is 6.00. The van der Waals surface area contributed by atoms with Crippen molar-refractivity contribution < 1.29 is 55.7 Å². The van der Waals surface area contributed by atoms with Crippen LogP contribution in [0.2, 0.25) is 0 Å². The minimum absolute atomic E-state index is 0.102. The summed E-state index contributed by atoms with van der Waals surface area (Å²) < 4.78 is 79.0. The molecule has 0 radical (unpaired) electrons. The molecule has 17 nitrogen and oxygen atoms in total. The lowest BCUT2D eigenvalue weighted by atomic mass is 9.53. The van der Waals surface area contributed by atoms with Gasteiger partial charge < -0.3 is 24.8 Å². The summed E-state index contributed by atoms with van der Waals surface area (Å²) in [7, 11) is 1.71. The average Bonchev–Trinajstić information content (AvgIpc) is 3.92. The van der Waals surface area contributed by atoms with Gasteiger partial charge in [-0.3, -0.25) is 33.7 Å². The highest BCUT2D eigenvalue weighted by Gasteiger charge is 2.50. The molecule has 11 rings (SSSR count). The lowest BCUT2D eigenvalue weighted by Gasteiger charge is -2.53. The molecule has 23 heteroatoms. The number of carboxylic acid groups (broad SMARTS) is 1. The van der Waals surface area contributed by atoms with Crippen LogP contribution in [-0.4, -0.2) is 113 Å². The fourth-order valence-electron chi connectivity index (χ4n) is 10.5. The number of pyridine rings is 1. The number of carbonyl (C=O) groups excluding carboxylic acids is 3. The topological polar surface area (TPSA) is 209 Å². The number of imidazole rings is 2. The van der Waals surface area contributed by atoms with Crippen LogP contribution in [0.5, 0.6) is 5.75 Å². The standard InChI is InChI=1S/C47H49F3N10O5.C2HF3O2/c1-56-35-21-28(4-5-33(35)60(45(56)65)34-6-7-38(61)55-43(34)64)3-2-15-57-17-19-58(20-18-57)44-51-24-30(25-52-44)29-8-16-59-26-36(54-37(59)22-29)47-12-9-46(10-13-47,11-14-47)27-53-42(63)31-23-32(48)41(62)40(50)39(31)49;3-2(4,5)1(6)7/h4-5,8,16,21-26,34,62H,2-3,6-7,9-15,17-20,27H2,1H3,(H,53,63)(H,55,61,64);(H,6,7)/t34-,46?,47?;/m1./s1. The third-order valence-corrected chi connectivity index (χ3v) is 14.9. The Bertz CT molecular complexity index is 3140. The molecule has 5 fully saturated rings. The summed E-state index contributed by atoms with van der Waals surface area (Å²) in [5.41, 5.74) is 4.95. The molecule has 380 valence electrons. The Morgan fingerprint density at radius 3 is 2.22 bits per heavy atom. The van der Waals surface area contributed by atoms with E-state index in [9.17, 15) is 50.6 Å². The van der Waals surface area contributed by atoms with Gasteiger partial charge in [0.25, 0.3) is 5.91 Å². The van der Waals surface area contributed by atoms with Crippen molar-refractivity contribution >= 4 is 46.3 Å². The van der Waals surface area contributed by atoms with Crippen molar-refractivity contribution in [2.45, 2.75) is 81.8 Å². The van der Waals surface area contributed by atoms with E-state index in [0.29, 0.717) is 24.0 Å². The van der Waals surface area contributed by atoms with Gasteiger partial charge in [-0.25, -0.2) is 33.3 Å². The number of halogens is 6. The van der Waals surface area contributed by atoms with Gasteiger partial charge in [0.15, 0.2) is 17.4 Å². The Kier molecular flexibility index (Phi) is 13.4. The number of nitrogens with zero attached hydrogens (tertiary/aromatic N) is 8. The van der Waals surface area contributed by atoms with E-state index in [4.69, 9.17) is 24.9 Å². The maximum Gasteiger partial charge on any atom is 0.490 e. The van der Waals surface area contributed by atoms with E-state index in [0.717, 1.165) is 118 Å². The number of phenolic OH excluding ortho intramolecular Hbond substituents is 1. The molecule has 3 amide bonds. The average molecular weight is 1000 g/mol. The smallest absolute Gasteiger partial charge is 0.490 e. The number of nitrogens with one attached hydrogen (secondary N) is 2.